The first-order valence-corrected chi connectivity index (χ1v) is 6.43. The molecule has 18 heavy (non-hydrogen) atoms. The van der Waals surface area contributed by atoms with Crippen LogP contribution in [0.4, 0.5) is 0 Å². The Balaban J connectivity index is 2.07. The van der Waals surface area contributed by atoms with Gasteiger partial charge >= 0.3 is 5.97 Å². The van der Waals surface area contributed by atoms with E-state index in [1.54, 1.807) is 0 Å². The van der Waals surface area contributed by atoms with Crippen LogP contribution in [0.2, 0.25) is 0 Å². The summed E-state index contributed by atoms with van der Waals surface area (Å²) in [7, 11) is 0. The predicted octanol–water partition coefficient (Wildman–Crippen LogP) is 2.17. The van der Waals surface area contributed by atoms with Crippen molar-refractivity contribution >= 4 is 11.8 Å². The summed E-state index contributed by atoms with van der Waals surface area (Å²) in [6.07, 6.45) is 2.59. The number of rotatable bonds is 1. The zero-order chi connectivity index (χ0) is 12.8. The fourth-order valence-electron chi connectivity index (χ4n) is 3.54. The number of carbonyl (C=O) groups excluding carboxylic acids is 2. The molecule has 94 valence electrons. The van der Waals surface area contributed by atoms with Crippen LogP contribution in [-0.4, -0.2) is 17.9 Å². The van der Waals surface area contributed by atoms with Crippen LogP contribution in [0.1, 0.15) is 37.3 Å². The minimum absolute atomic E-state index is 0.235. The molecule has 0 amide bonds. The van der Waals surface area contributed by atoms with E-state index in [0.29, 0.717) is 12.8 Å². The quantitative estimate of drug-likeness (QED) is 0.711. The highest BCUT2D eigenvalue weighted by atomic mass is 16.5. The number of ketones is 1. The molecule has 0 unspecified atom stereocenters. The van der Waals surface area contributed by atoms with Gasteiger partial charge in [0, 0.05) is 13.3 Å². The van der Waals surface area contributed by atoms with Crippen molar-refractivity contribution in [3.63, 3.8) is 0 Å². The van der Waals surface area contributed by atoms with Gasteiger partial charge in [0.1, 0.15) is 11.9 Å². The Morgan fingerprint density at radius 1 is 1.33 bits per heavy atom. The molecule has 1 aromatic rings. The first-order chi connectivity index (χ1) is 8.64. The first kappa shape index (κ1) is 11.5. The molecule has 3 rings (SSSR count). The van der Waals surface area contributed by atoms with E-state index in [4.69, 9.17) is 4.74 Å². The molecule has 0 heterocycles. The second kappa shape index (κ2) is 3.94. The summed E-state index contributed by atoms with van der Waals surface area (Å²) < 4.78 is 5.42. The highest BCUT2D eigenvalue weighted by Gasteiger charge is 2.55. The minimum atomic E-state index is -0.553. The van der Waals surface area contributed by atoms with Crippen molar-refractivity contribution < 1.29 is 14.3 Å². The van der Waals surface area contributed by atoms with Gasteiger partial charge in [-0.3, -0.25) is 9.59 Å². The largest absolute Gasteiger partial charge is 0.461 e. The Hall–Kier alpha value is -1.64. The zero-order valence-corrected chi connectivity index (χ0v) is 10.4. The molecule has 0 aliphatic heterocycles. The lowest BCUT2D eigenvalue weighted by molar-refractivity contribution is -0.150. The van der Waals surface area contributed by atoms with E-state index in [-0.39, 0.29) is 17.9 Å². The normalized spacial score (nSPS) is 29.6. The van der Waals surface area contributed by atoms with E-state index in [0.717, 1.165) is 18.4 Å². The molecule has 0 bridgehead atoms. The zero-order valence-electron chi connectivity index (χ0n) is 10.4. The number of benzene rings is 1. The molecule has 2 aliphatic carbocycles. The molecule has 1 aromatic carbocycles. The molecule has 3 nitrogen and oxygen atoms in total. The third kappa shape index (κ3) is 1.43. The fraction of sp³-hybridized carbons (Fsp3) is 0.467. The summed E-state index contributed by atoms with van der Waals surface area (Å²) in [4.78, 5) is 23.6. The monoisotopic (exact) mass is 244 g/mol. The molecular weight excluding hydrogens is 228 g/mol. The molecule has 1 fully saturated rings. The van der Waals surface area contributed by atoms with Gasteiger partial charge in [-0.05, 0) is 30.4 Å². The maximum Gasteiger partial charge on any atom is 0.302 e. The summed E-state index contributed by atoms with van der Waals surface area (Å²) in [5.41, 5.74) is 1.76. The second-order valence-electron chi connectivity index (χ2n) is 5.19. The van der Waals surface area contributed by atoms with Gasteiger partial charge in [0.2, 0.25) is 0 Å². The highest BCUT2D eigenvalue weighted by Crippen LogP contribution is 2.49. The van der Waals surface area contributed by atoms with Crippen molar-refractivity contribution in [3.8, 4) is 0 Å². The van der Waals surface area contributed by atoms with Crippen LogP contribution < -0.4 is 0 Å². The topological polar surface area (TPSA) is 43.4 Å². The first-order valence-electron chi connectivity index (χ1n) is 6.43. The van der Waals surface area contributed by atoms with Gasteiger partial charge in [-0.1, -0.05) is 24.3 Å². The van der Waals surface area contributed by atoms with E-state index in [1.165, 1.54) is 12.5 Å². The lowest BCUT2D eigenvalue weighted by Crippen LogP contribution is -2.41. The van der Waals surface area contributed by atoms with Gasteiger partial charge in [-0.25, -0.2) is 0 Å². The summed E-state index contributed by atoms with van der Waals surface area (Å²) in [6, 6.07) is 8.04. The average Bonchev–Trinajstić information content (AvgIpc) is 2.87. The van der Waals surface area contributed by atoms with Gasteiger partial charge < -0.3 is 4.74 Å². The van der Waals surface area contributed by atoms with Crippen LogP contribution in [0.25, 0.3) is 0 Å². The van der Waals surface area contributed by atoms with Crippen LogP contribution in [0.3, 0.4) is 0 Å². The molecule has 0 saturated heterocycles. The van der Waals surface area contributed by atoms with E-state index < -0.39 is 5.41 Å². The predicted molar refractivity (Wildman–Crippen MR) is 66.2 cm³/mol. The number of fused-ring (bicyclic) bond motifs is 2. The minimum Gasteiger partial charge on any atom is -0.461 e. The number of hydrogen-bond donors (Lipinski definition) is 0. The maximum absolute atomic E-state index is 12.4. The Labute approximate surface area is 106 Å². The van der Waals surface area contributed by atoms with Crippen molar-refractivity contribution in [2.75, 3.05) is 0 Å². The highest BCUT2D eigenvalue weighted by molar-refractivity contribution is 5.94. The van der Waals surface area contributed by atoms with E-state index >= 15 is 0 Å². The summed E-state index contributed by atoms with van der Waals surface area (Å²) >= 11 is 0. The SMILES string of the molecule is CC(=O)O[C@H]1CCC(=O)[C@@]12CCc1ccccc12. The fourth-order valence-corrected chi connectivity index (χ4v) is 3.54. The number of Topliss-reactive ketones (excluding diaryl/α,β-unsaturated/α-hetero) is 1. The standard InChI is InChI=1S/C15H16O3/c1-10(16)18-14-7-6-13(17)15(14)9-8-11-4-2-3-5-12(11)15/h2-5,14H,6-9H2,1H3/t14-,15-/m0/s1. The Morgan fingerprint density at radius 2 is 2.11 bits per heavy atom. The van der Waals surface area contributed by atoms with Crippen LogP contribution >= 0.6 is 0 Å². The molecule has 0 radical (unpaired) electrons. The lowest BCUT2D eigenvalue weighted by Gasteiger charge is -2.30. The Bertz CT molecular complexity index is 520. The van der Waals surface area contributed by atoms with Gasteiger partial charge in [0.15, 0.2) is 0 Å². The Kier molecular flexibility index (Phi) is 2.51. The summed E-state index contributed by atoms with van der Waals surface area (Å²) in [5, 5.41) is 0. The molecule has 1 spiro atoms. The smallest absolute Gasteiger partial charge is 0.302 e. The van der Waals surface area contributed by atoms with Crippen LogP contribution in [-0.2, 0) is 26.2 Å². The number of ether oxygens (including phenoxy) is 1. The third-order valence-corrected chi connectivity index (χ3v) is 4.28. The molecule has 3 heteroatoms. The number of carbonyl (C=O) groups is 2. The second-order valence-corrected chi connectivity index (χ2v) is 5.19. The molecular formula is C15H16O3. The van der Waals surface area contributed by atoms with Crippen molar-refractivity contribution in [1.82, 2.24) is 0 Å². The molecule has 2 atom stereocenters. The van der Waals surface area contributed by atoms with Crippen molar-refractivity contribution in [1.29, 1.82) is 0 Å². The third-order valence-electron chi connectivity index (χ3n) is 4.28. The average molecular weight is 244 g/mol. The van der Waals surface area contributed by atoms with Crippen LogP contribution in [0.15, 0.2) is 24.3 Å². The number of hydrogen-bond acceptors (Lipinski definition) is 3. The summed E-state index contributed by atoms with van der Waals surface area (Å²) in [5.74, 6) is -0.0582. The van der Waals surface area contributed by atoms with E-state index in [2.05, 4.69) is 6.07 Å². The Morgan fingerprint density at radius 3 is 2.89 bits per heavy atom. The molecule has 0 aromatic heterocycles. The molecule has 1 saturated carbocycles. The van der Waals surface area contributed by atoms with E-state index in [1.807, 2.05) is 18.2 Å². The molecule has 2 aliphatic rings. The maximum atomic E-state index is 12.4. The van der Waals surface area contributed by atoms with Crippen LogP contribution in [0, 0.1) is 0 Å². The van der Waals surface area contributed by atoms with Crippen LogP contribution in [0.5, 0.6) is 0 Å². The van der Waals surface area contributed by atoms with Crippen molar-refractivity contribution in [2.45, 2.75) is 44.1 Å². The summed E-state index contributed by atoms with van der Waals surface area (Å²) in [6.45, 7) is 1.41. The molecule has 0 N–H and O–H groups in total. The number of aryl methyl sites for hydroxylation is 1. The van der Waals surface area contributed by atoms with Gasteiger partial charge in [-0.2, -0.15) is 0 Å². The van der Waals surface area contributed by atoms with Gasteiger partial charge in [0.05, 0.1) is 5.41 Å². The van der Waals surface area contributed by atoms with Crippen molar-refractivity contribution in [3.05, 3.63) is 35.4 Å². The van der Waals surface area contributed by atoms with E-state index in [9.17, 15) is 9.59 Å². The lowest BCUT2D eigenvalue weighted by atomic mass is 9.77. The van der Waals surface area contributed by atoms with Gasteiger partial charge in [0.25, 0.3) is 0 Å². The van der Waals surface area contributed by atoms with Crippen molar-refractivity contribution in [2.24, 2.45) is 0 Å². The van der Waals surface area contributed by atoms with Gasteiger partial charge in [-0.15, -0.1) is 0 Å². The number of esters is 1.